The average Bonchev–Trinajstić information content (AvgIpc) is 2.77. The molecule has 0 radical (unpaired) electrons. The van der Waals surface area contributed by atoms with E-state index in [0.29, 0.717) is 29.2 Å². The lowest BCUT2D eigenvalue weighted by atomic mass is 10.1. The molecule has 0 spiro atoms. The monoisotopic (exact) mass is 487 g/mol. The number of carbonyl (C=O) groups excluding carboxylic acids is 1. The molecule has 0 saturated heterocycles. The van der Waals surface area contributed by atoms with Crippen LogP contribution in [0.3, 0.4) is 0 Å². The molecule has 3 aromatic rings. The minimum atomic E-state index is -1.09. The van der Waals surface area contributed by atoms with Crippen molar-refractivity contribution in [3.63, 3.8) is 0 Å². The van der Waals surface area contributed by atoms with Crippen molar-refractivity contribution in [1.29, 1.82) is 0 Å². The first kappa shape index (κ1) is 23.8. The van der Waals surface area contributed by atoms with Gasteiger partial charge in [0.15, 0.2) is 0 Å². The number of benzene rings is 2. The lowest BCUT2D eigenvalue weighted by molar-refractivity contribution is 0.0945. The summed E-state index contributed by atoms with van der Waals surface area (Å²) < 4.78 is 55.4. The van der Waals surface area contributed by atoms with Crippen molar-refractivity contribution in [2.45, 2.75) is 37.1 Å². The van der Waals surface area contributed by atoms with Gasteiger partial charge in [0.2, 0.25) is 0 Å². The smallest absolute Gasteiger partial charge is 0.270 e. The van der Waals surface area contributed by atoms with Crippen molar-refractivity contribution in [2.75, 3.05) is 4.90 Å². The van der Waals surface area contributed by atoms with E-state index in [2.05, 4.69) is 16.9 Å². The van der Waals surface area contributed by atoms with Gasteiger partial charge >= 0.3 is 0 Å². The van der Waals surface area contributed by atoms with E-state index in [-0.39, 0.29) is 23.3 Å². The van der Waals surface area contributed by atoms with Crippen LogP contribution in [0.5, 0.6) is 0 Å². The summed E-state index contributed by atoms with van der Waals surface area (Å²) in [5.74, 6) is -3.80. The number of nitrogens with one attached hydrogen (secondary N) is 1. The van der Waals surface area contributed by atoms with Crippen LogP contribution >= 0.6 is 11.8 Å². The highest BCUT2D eigenvalue weighted by atomic mass is 32.2. The summed E-state index contributed by atoms with van der Waals surface area (Å²) in [6, 6.07) is 9.17. The lowest BCUT2D eigenvalue weighted by Gasteiger charge is -2.35. The molecular formula is C25H21F4N3OS. The van der Waals surface area contributed by atoms with Crippen LogP contribution in [0.15, 0.2) is 59.6 Å². The minimum absolute atomic E-state index is 0.00508. The summed E-state index contributed by atoms with van der Waals surface area (Å²) >= 11 is 1.51. The Bertz CT molecular complexity index is 1250. The quantitative estimate of drug-likeness (QED) is 0.456. The van der Waals surface area contributed by atoms with Crippen LogP contribution in [0.25, 0.3) is 0 Å². The van der Waals surface area contributed by atoms with Crippen LogP contribution in [-0.2, 0) is 13.1 Å². The van der Waals surface area contributed by atoms with Gasteiger partial charge in [-0.15, -0.1) is 11.8 Å². The van der Waals surface area contributed by atoms with Crippen LogP contribution in [0.4, 0.5) is 23.4 Å². The second-order valence-corrected chi connectivity index (χ2v) is 9.30. The first-order valence-corrected chi connectivity index (χ1v) is 11.3. The van der Waals surface area contributed by atoms with Crippen LogP contribution in [0, 0.1) is 30.2 Å². The summed E-state index contributed by atoms with van der Waals surface area (Å²) in [5, 5.41) is 2.42. The fourth-order valence-corrected chi connectivity index (χ4v) is 4.71. The molecule has 0 bridgehead atoms. The average molecular weight is 488 g/mol. The molecule has 1 aliphatic rings. The lowest BCUT2D eigenvalue weighted by Crippen LogP contribution is -2.32. The zero-order valence-corrected chi connectivity index (χ0v) is 19.3. The molecule has 34 heavy (non-hydrogen) atoms. The predicted octanol–water partition coefficient (Wildman–Crippen LogP) is 5.89. The van der Waals surface area contributed by atoms with Crippen LogP contribution in [-0.4, -0.2) is 16.1 Å². The van der Waals surface area contributed by atoms with E-state index in [1.54, 1.807) is 17.0 Å². The number of hydrogen-bond acceptors (Lipinski definition) is 4. The Morgan fingerprint density at radius 1 is 1.09 bits per heavy atom. The van der Waals surface area contributed by atoms with Gasteiger partial charge in [-0.05, 0) is 37.6 Å². The number of aromatic nitrogens is 1. The Kier molecular flexibility index (Phi) is 6.65. The molecule has 9 heteroatoms. The predicted molar refractivity (Wildman–Crippen MR) is 124 cm³/mol. The second-order valence-electron chi connectivity index (χ2n) is 7.92. The number of fused-ring (bicyclic) bond motifs is 1. The maximum absolute atomic E-state index is 14.5. The number of thioether (sulfide) groups is 1. The molecule has 1 N–H and O–H groups in total. The summed E-state index contributed by atoms with van der Waals surface area (Å²) in [4.78, 5) is 19.7. The number of rotatable bonds is 5. The SMILES string of the molecule is C=C1C(C)Sc2ccc(C(=O)NCc3c(F)cc(F)cc3F)nc2N1Cc1c(C)cccc1F. The third-order valence-electron chi connectivity index (χ3n) is 5.65. The molecule has 176 valence electrons. The highest BCUT2D eigenvalue weighted by Crippen LogP contribution is 2.42. The molecule has 4 nitrogen and oxygen atoms in total. The Balaban J connectivity index is 1.62. The van der Waals surface area contributed by atoms with Gasteiger partial charge in [0.05, 0.1) is 11.4 Å². The number of pyridine rings is 1. The molecular weight excluding hydrogens is 466 g/mol. The van der Waals surface area contributed by atoms with E-state index < -0.39 is 35.5 Å². The zero-order chi connectivity index (χ0) is 24.6. The molecule has 1 unspecified atom stereocenters. The summed E-state index contributed by atoms with van der Waals surface area (Å²) in [7, 11) is 0. The molecule has 1 aromatic heterocycles. The molecule has 0 aliphatic carbocycles. The van der Waals surface area contributed by atoms with E-state index in [4.69, 9.17) is 0 Å². The van der Waals surface area contributed by atoms with Gasteiger partial charge in [0, 0.05) is 40.8 Å². The fourth-order valence-electron chi connectivity index (χ4n) is 3.66. The van der Waals surface area contributed by atoms with Gasteiger partial charge in [-0.3, -0.25) is 4.79 Å². The van der Waals surface area contributed by atoms with Gasteiger partial charge in [-0.25, -0.2) is 22.5 Å². The third-order valence-corrected chi connectivity index (χ3v) is 6.85. The van der Waals surface area contributed by atoms with Crippen LogP contribution in [0.2, 0.25) is 0 Å². The van der Waals surface area contributed by atoms with E-state index in [0.717, 1.165) is 10.5 Å². The topological polar surface area (TPSA) is 45.2 Å². The van der Waals surface area contributed by atoms with E-state index in [9.17, 15) is 22.4 Å². The van der Waals surface area contributed by atoms with E-state index in [1.807, 2.05) is 19.9 Å². The Hall–Kier alpha value is -3.33. The molecule has 2 aromatic carbocycles. The number of aryl methyl sites for hydroxylation is 1. The zero-order valence-electron chi connectivity index (χ0n) is 18.5. The highest BCUT2D eigenvalue weighted by molar-refractivity contribution is 8.00. The first-order valence-electron chi connectivity index (χ1n) is 10.5. The number of nitrogens with zero attached hydrogens (tertiary/aromatic N) is 2. The van der Waals surface area contributed by atoms with Crippen molar-refractivity contribution in [1.82, 2.24) is 10.3 Å². The summed E-state index contributed by atoms with van der Waals surface area (Å²) in [5.41, 5.74) is 1.53. The number of anilines is 1. The van der Waals surface area contributed by atoms with Crippen molar-refractivity contribution >= 4 is 23.5 Å². The summed E-state index contributed by atoms with van der Waals surface area (Å²) in [6.07, 6.45) is 0. The standard InChI is InChI=1S/C25H21F4N3OS/c1-13-5-4-6-19(27)18(13)12-32-14(2)15(3)34-23-8-7-22(31-24(23)32)25(33)30-11-17-20(28)9-16(26)10-21(17)29/h4-10,15H,2,11-12H2,1,3H3,(H,30,33). The number of halogens is 4. The third kappa shape index (κ3) is 4.65. The number of carbonyl (C=O) groups is 1. The van der Waals surface area contributed by atoms with Gasteiger partial charge in [0.1, 0.15) is 34.8 Å². The molecule has 1 aliphatic heterocycles. The van der Waals surface area contributed by atoms with Crippen molar-refractivity contribution in [3.8, 4) is 0 Å². The first-order chi connectivity index (χ1) is 16.2. The van der Waals surface area contributed by atoms with Gasteiger partial charge in [-0.1, -0.05) is 18.7 Å². The van der Waals surface area contributed by atoms with Gasteiger partial charge < -0.3 is 10.2 Å². The number of amides is 1. The largest absolute Gasteiger partial charge is 0.346 e. The Morgan fingerprint density at radius 3 is 2.47 bits per heavy atom. The van der Waals surface area contributed by atoms with Crippen molar-refractivity contribution < 1.29 is 22.4 Å². The van der Waals surface area contributed by atoms with Crippen LogP contribution < -0.4 is 10.2 Å². The van der Waals surface area contributed by atoms with Crippen molar-refractivity contribution in [3.05, 3.63) is 100 Å². The molecule has 1 atom stereocenters. The Labute approximate surface area is 198 Å². The van der Waals surface area contributed by atoms with Gasteiger partial charge in [0.25, 0.3) is 5.91 Å². The fraction of sp³-hybridized carbons (Fsp3) is 0.200. The molecule has 0 saturated carbocycles. The summed E-state index contributed by atoms with van der Waals surface area (Å²) in [6.45, 7) is 7.63. The van der Waals surface area contributed by atoms with Gasteiger partial charge in [-0.2, -0.15) is 0 Å². The maximum Gasteiger partial charge on any atom is 0.270 e. The van der Waals surface area contributed by atoms with Crippen molar-refractivity contribution in [2.24, 2.45) is 0 Å². The molecule has 4 rings (SSSR count). The van der Waals surface area contributed by atoms with Crippen LogP contribution in [0.1, 0.15) is 34.1 Å². The number of hydrogen-bond donors (Lipinski definition) is 1. The van der Waals surface area contributed by atoms with E-state index >= 15 is 0 Å². The molecule has 0 fully saturated rings. The maximum atomic E-state index is 14.5. The molecule has 2 heterocycles. The Morgan fingerprint density at radius 2 is 1.79 bits per heavy atom. The minimum Gasteiger partial charge on any atom is -0.346 e. The molecule has 1 amide bonds. The second kappa shape index (κ2) is 9.50. The normalized spacial score (nSPS) is 15.3. The highest BCUT2D eigenvalue weighted by Gasteiger charge is 2.29. The van der Waals surface area contributed by atoms with E-state index in [1.165, 1.54) is 23.9 Å².